The van der Waals surface area contributed by atoms with Crippen molar-refractivity contribution in [2.24, 2.45) is 0 Å². The van der Waals surface area contributed by atoms with Crippen LogP contribution >= 0.6 is 39.3 Å². The minimum atomic E-state index is -0.502. The summed E-state index contributed by atoms with van der Waals surface area (Å²) >= 11 is 10.6. The standard InChI is InChI=1S/C15H12BrClFNOS/c16-12-4-2-1-3-10(12)8-21-9-15(20)19-11-5-6-14(18)13(17)7-11/h1-7H,8-9H2,(H,19,20). The predicted molar refractivity (Wildman–Crippen MR) is 90.3 cm³/mol. The third-order valence-electron chi connectivity index (χ3n) is 2.65. The van der Waals surface area contributed by atoms with Crippen LogP contribution in [-0.4, -0.2) is 11.7 Å². The van der Waals surface area contributed by atoms with Gasteiger partial charge < -0.3 is 5.32 Å². The minimum Gasteiger partial charge on any atom is -0.325 e. The number of nitrogens with one attached hydrogen (secondary N) is 1. The van der Waals surface area contributed by atoms with Crippen molar-refractivity contribution in [3.05, 3.63) is 63.3 Å². The summed E-state index contributed by atoms with van der Waals surface area (Å²) in [4.78, 5) is 11.8. The predicted octanol–water partition coefficient (Wildman–Crippen LogP) is 5.11. The van der Waals surface area contributed by atoms with Gasteiger partial charge in [0.15, 0.2) is 0 Å². The van der Waals surface area contributed by atoms with Crippen LogP contribution in [0.15, 0.2) is 46.9 Å². The van der Waals surface area contributed by atoms with Crippen LogP contribution in [0.5, 0.6) is 0 Å². The van der Waals surface area contributed by atoms with Gasteiger partial charge in [-0.3, -0.25) is 4.79 Å². The monoisotopic (exact) mass is 387 g/mol. The molecule has 0 aromatic heterocycles. The highest BCUT2D eigenvalue weighted by Crippen LogP contribution is 2.22. The molecule has 110 valence electrons. The van der Waals surface area contributed by atoms with E-state index in [1.807, 2.05) is 24.3 Å². The minimum absolute atomic E-state index is 0.00586. The molecule has 0 aliphatic carbocycles. The third-order valence-corrected chi connectivity index (χ3v) is 4.70. The lowest BCUT2D eigenvalue weighted by Crippen LogP contribution is -2.14. The van der Waals surface area contributed by atoms with E-state index in [2.05, 4.69) is 21.2 Å². The number of hydrogen-bond acceptors (Lipinski definition) is 2. The van der Waals surface area contributed by atoms with E-state index in [1.165, 1.54) is 30.0 Å². The molecule has 1 N–H and O–H groups in total. The maximum Gasteiger partial charge on any atom is 0.234 e. The molecule has 0 radical (unpaired) electrons. The smallest absolute Gasteiger partial charge is 0.234 e. The highest BCUT2D eigenvalue weighted by atomic mass is 79.9. The molecular weight excluding hydrogens is 377 g/mol. The first-order valence-corrected chi connectivity index (χ1v) is 8.45. The van der Waals surface area contributed by atoms with Crippen LogP contribution in [0.25, 0.3) is 0 Å². The molecule has 0 atom stereocenters. The van der Waals surface area contributed by atoms with Gasteiger partial charge in [0.25, 0.3) is 0 Å². The Kier molecular flexibility index (Phi) is 6.08. The zero-order valence-corrected chi connectivity index (χ0v) is 14.1. The number of anilines is 1. The first-order chi connectivity index (χ1) is 10.1. The van der Waals surface area contributed by atoms with E-state index in [-0.39, 0.29) is 10.9 Å². The maximum atomic E-state index is 13.0. The van der Waals surface area contributed by atoms with Gasteiger partial charge in [0.2, 0.25) is 5.91 Å². The molecular formula is C15H12BrClFNOS. The molecule has 0 fully saturated rings. The van der Waals surface area contributed by atoms with Gasteiger partial charge in [-0.05, 0) is 29.8 Å². The lowest BCUT2D eigenvalue weighted by Gasteiger charge is -2.07. The molecule has 0 aliphatic heterocycles. The first kappa shape index (κ1) is 16.3. The van der Waals surface area contributed by atoms with Gasteiger partial charge in [-0.2, -0.15) is 0 Å². The van der Waals surface area contributed by atoms with Crippen molar-refractivity contribution in [3.63, 3.8) is 0 Å². The summed E-state index contributed by atoms with van der Waals surface area (Å²) in [5, 5.41) is 2.68. The Bertz CT molecular complexity index is 653. The van der Waals surface area contributed by atoms with E-state index in [1.54, 1.807) is 0 Å². The van der Waals surface area contributed by atoms with Crippen LogP contribution in [0.4, 0.5) is 10.1 Å². The van der Waals surface area contributed by atoms with Gasteiger partial charge >= 0.3 is 0 Å². The number of thioether (sulfide) groups is 1. The molecule has 2 aromatic rings. The zero-order chi connectivity index (χ0) is 15.2. The number of benzene rings is 2. The second kappa shape index (κ2) is 7.82. The molecule has 0 spiro atoms. The van der Waals surface area contributed by atoms with E-state index in [0.717, 1.165) is 15.8 Å². The highest BCUT2D eigenvalue weighted by molar-refractivity contribution is 9.10. The molecule has 1 amide bonds. The lowest BCUT2D eigenvalue weighted by molar-refractivity contribution is -0.113. The molecule has 0 bridgehead atoms. The van der Waals surface area contributed by atoms with Crippen molar-refractivity contribution >= 4 is 50.9 Å². The molecule has 6 heteroatoms. The van der Waals surface area contributed by atoms with Gasteiger partial charge in [0.1, 0.15) is 5.82 Å². The average Bonchev–Trinajstić information content (AvgIpc) is 2.45. The van der Waals surface area contributed by atoms with Gasteiger partial charge in [-0.25, -0.2) is 4.39 Å². The van der Waals surface area contributed by atoms with Crippen molar-refractivity contribution < 1.29 is 9.18 Å². The van der Waals surface area contributed by atoms with Crippen molar-refractivity contribution in [3.8, 4) is 0 Å². The molecule has 0 saturated carbocycles. The summed E-state index contributed by atoms with van der Waals surface area (Å²) in [5.74, 6) is 0.405. The van der Waals surface area contributed by atoms with Gasteiger partial charge in [0, 0.05) is 15.9 Å². The van der Waals surface area contributed by atoms with Gasteiger partial charge in [0.05, 0.1) is 10.8 Å². The lowest BCUT2D eigenvalue weighted by atomic mass is 10.2. The SMILES string of the molecule is O=C(CSCc1ccccc1Br)Nc1ccc(F)c(Cl)c1. The Morgan fingerprint density at radius 3 is 2.76 bits per heavy atom. The number of halogens is 3. The molecule has 0 saturated heterocycles. The van der Waals surface area contributed by atoms with Crippen LogP contribution in [-0.2, 0) is 10.5 Å². The molecule has 0 heterocycles. The summed E-state index contributed by atoms with van der Waals surface area (Å²) in [6.07, 6.45) is 0. The Balaban J connectivity index is 1.82. The summed E-state index contributed by atoms with van der Waals surface area (Å²) in [7, 11) is 0. The normalized spacial score (nSPS) is 10.4. The van der Waals surface area contributed by atoms with Crippen LogP contribution < -0.4 is 5.32 Å². The van der Waals surface area contributed by atoms with Crippen molar-refractivity contribution in [1.29, 1.82) is 0 Å². The molecule has 2 rings (SSSR count). The fraction of sp³-hybridized carbons (Fsp3) is 0.133. The summed E-state index contributed by atoms with van der Waals surface area (Å²) in [6, 6.07) is 12.0. The van der Waals surface area contributed by atoms with Gasteiger partial charge in [-0.1, -0.05) is 45.7 Å². The Hall–Kier alpha value is -1.04. The number of amides is 1. The fourth-order valence-electron chi connectivity index (χ4n) is 1.64. The van der Waals surface area contributed by atoms with Crippen LogP contribution in [0.1, 0.15) is 5.56 Å². The average molecular weight is 389 g/mol. The second-order valence-electron chi connectivity index (χ2n) is 4.26. The van der Waals surface area contributed by atoms with Crippen LogP contribution in [0, 0.1) is 5.82 Å². The van der Waals surface area contributed by atoms with E-state index in [9.17, 15) is 9.18 Å². The zero-order valence-electron chi connectivity index (χ0n) is 10.9. The van der Waals surface area contributed by atoms with Gasteiger partial charge in [-0.15, -0.1) is 11.8 Å². The summed E-state index contributed by atoms with van der Waals surface area (Å²) < 4.78 is 14.0. The van der Waals surface area contributed by atoms with Crippen LogP contribution in [0.3, 0.4) is 0 Å². The molecule has 2 aromatic carbocycles. The largest absolute Gasteiger partial charge is 0.325 e. The number of carbonyl (C=O) groups is 1. The molecule has 0 aliphatic rings. The Morgan fingerprint density at radius 2 is 2.05 bits per heavy atom. The quantitative estimate of drug-likeness (QED) is 0.771. The van der Waals surface area contributed by atoms with Crippen molar-refractivity contribution in [1.82, 2.24) is 0 Å². The molecule has 2 nitrogen and oxygen atoms in total. The highest BCUT2D eigenvalue weighted by Gasteiger charge is 2.06. The topological polar surface area (TPSA) is 29.1 Å². The number of hydrogen-bond donors (Lipinski definition) is 1. The fourth-order valence-corrected chi connectivity index (χ4v) is 3.26. The maximum absolute atomic E-state index is 13.0. The first-order valence-electron chi connectivity index (χ1n) is 6.12. The second-order valence-corrected chi connectivity index (χ2v) is 6.51. The van der Waals surface area contributed by atoms with Crippen molar-refractivity contribution in [2.45, 2.75) is 5.75 Å². The van der Waals surface area contributed by atoms with Crippen molar-refractivity contribution in [2.75, 3.05) is 11.1 Å². The van der Waals surface area contributed by atoms with E-state index in [0.29, 0.717) is 11.4 Å². The number of rotatable bonds is 5. The van der Waals surface area contributed by atoms with E-state index >= 15 is 0 Å². The Morgan fingerprint density at radius 1 is 1.29 bits per heavy atom. The third kappa shape index (κ3) is 5.02. The summed E-state index contributed by atoms with van der Waals surface area (Å²) in [6.45, 7) is 0. The molecule has 21 heavy (non-hydrogen) atoms. The summed E-state index contributed by atoms with van der Waals surface area (Å²) in [5.41, 5.74) is 1.63. The van der Waals surface area contributed by atoms with E-state index < -0.39 is 5.82 Å². The van der Waals surface area contributed by atoms with E-state index in [4.69, 9.17) is 11.6 Å². The van der Waals surface area contributed by atoms with Crippen LogP contribution in [0.2, 0.25) is 5.02 Å². The Labute approximate surface area is 140 Å². The number of carbonyl (C=O) groups excluding carboxylic acids is 1. The molecule has 0 unspecified atom stereocenters.